The van der Waals surface area contributed by atoms with E-state index in [1.165, 1.54) is 11.1 Å². The minimum Gasteiger partial charge on any atom is -0.493 e. The molecule has 0 saturated heterocycles. The third-order valence-corrected chi connectivity index (χ3v) is 5.59. The summed E-state index contributed by atoms with van der Waals surface area (Å²) in [5.41, 5.74) is 3.55. The lowest BCUT2D eigenvalue weighted by Crippen LogP contribution is -2.33. The summed E-state index contributed by atoms with van der Waals surface area (Å²) >= 11 is 6.54. The third-order valence-electron chi connectivity index (χ3n) is 5.24. The highest BCUT2D eigenvalue weighted by Crippen LogP contribution is 2.41. The minimum atomic E-state index is 0.184. The van der Waals surface area contributed by atoms with Crippen LogP contribution in [0.5, 0.6) is 23.0 Å². The van der Waals surface area contributed by atoms with Crippen molar-refractivity contribution in [3.8, 4) is 23.0 Å². The van der Waals surface area contributed by atoms with Crippen molar-refractivity contribution in [2.24, 2.45) is 0 Å². The van der Waals surface area contributed by atoms with E-state index in [-0.39, 0.29) is 6.04 Å². The summed E-state index contributed by atoms with van der Waals surface area (Å²) in [4.78, 5) is 2.35. The number of nitrogens with zero attached hydrogens (tertiary/aromatic N) is 1. The predicted molar refractivity (Wildman–Crippen MR) is 107 cm³/mol. The average Bonchev–Trinajstić information content (AvgIpc) is 2.69. The Kier molecular flexibility index (Phi) is 6.02. The molecule has 1 unspecified atom stereocenters. The molecule has 3 rings (SSSR count). The minimum absolute atomic E-state index is 0.184. The monoisotopic (exact) mass is 391 g/mol. The molecule has 0 fully saturated rings. The van der Waals surface area contributed by atoms with Crippen LogP contribution in [-0.4, -0.2) is 46.9 Å². The number of hydrogen-bond acceptors (Lipinski definition) is 5. The topological polar surface area (TPSA) is 40.2 Å². The first kappa shape index (κ1) is 19.6. The molecule has 146 valence electrons. The second-order valence-corrected chi connectivity index (χ2v) is 7.06. The molecule has 2 aromatic rings. The average molecular weight is 392 g/mol. The van der Waals surface area contributed by atoms with Crippen LogP contribution in [0.1, 0.15) is 22.7 Å². The Hall–Kier alpha value is -2.11. The van der Waals surface area contributed by atoms with Crippen molar-refractivity contribution in [3.05, 3.63) is 46.0 Å². The summed E-state index contributed by atoms with van der Waals surface area (Å²) in [7, 11) is 8.71. The molecule has 0 aliphatic carbocycles. The predicted octanol–water partition coefficient (Wildman–Crippen LogP) is 4.15. The van der Waals surface area contributed by atoms with Gasteiger partial charge in [-0.3, -0.25) is 4.90 Å². The quantitative estimate of drug-likeness (QED) is 0.739. The van der Waals surface area contributed by atoms with Gasteiger partial charge in [-0.15, -0.1) is 0 Å². The molecule has 2 aromatic carbocycles. The molecule has 1 aliphatic heterocycles. The van der Waals surface area contributed by atoms with Crippen LogP contribution in [0.15, 0.2) is 24.3 Å². The van der Waals surface area contributed by atoms with Gasteiger partial charge in [0.15, 0.2) is 23.0 Å². The summed E-state index contributed by atoms with van der Waals surface area (Å²) < 4.78 is 21.8. The van der Waals surface area contributed by atoms with Crippen LogP contribution < -0.4 is 18.9 Å². The maximum absolute atomic E-state index is 6.54. The van der Waals surface area contributed by atoms with Gasteiger partial charge in [0.25, 0.3) is 0 Å². The van der Waals surface area contributed by atoms with Gasteiger partial charge in [-0.25, -0.2) is 0 Å². The molecule has 6 heteroatoms. The van der Waals surface area contributed by atoms with Crippen molar-refractivity contribution in [2.75, 3.05) is 42.0 Å². The van der Waals surface area contributed by atoms with Crippen LogP contribution in [0, 0.1) is 0 Å². The Morgan fingerprint density at radius 3 is 2.07 bits per heavy atom. The fourth-order valence-corrected chi connectivity index (χ4v) is 3.91. The Bertz CT molecular complexity index is 824. The third kappa shape index (κ3) is 3.80. The number of hydrogen-bond donors (Lipinski definition) is 0. The van der Waals surface area contributed by atoms with Crippen LogP contribution in [0.4, 0.5) is 0 Å². The van der Waals surface area contributed by atoms with E-state index in [4.69, 9.17) is 30.5 Å². The molecular weight excluding hydrogens is 366 g/mol. The van der Waals surface area contributed by atoms with Gasteiger partial charge in [0.1, 0.15) is 0 Å². The van der Waals surface area contributed by atoms with Crippen LogP contribution in [0.3, 0.4) is 0 Å². The number of rotatable bonds is 6. The van der Waals surface area contributed by atoms with Crippen molar-refractivity contribution in [3.63, 3.8) is 0 Å². The van der Waals surface area contributed by atoms with E-state index in [0.29, 0.717) is 16.5 Å². The van der Waals surface area contributed by atoms with Crippen LogP contribution in [0.2, 0.25) is 5.02 Å². The van der Waals surface area contributed by atoms with Gasteiger partial charge in [0.05, 0.1) is 28.4 Å². The van der Waals surface area contributed by atoms with Crippen molar-refractivity contribution in [1.82, 2.24) is 4.90 Å². The van der Waals surface area contributed by atoms with Gasteiger partial charge < -0.3 is 18.9 Å². The van der Waals surface area contributed by atoms with Gasteiger partial charge in [-0.05, 0) is 54.8 Å². The van der Waals surface area contributed by atoms with Gasteiger partial charge in [-0.1, -0.05) is 11.6 Å². The lowest BCUT2D eigenvalue weighted by atomic mass is 9.88. The standard InChI is InChI=1S/C21H26ClNO4/c1-23-7-6-13-9-18(24-2)20(26-4)11-15(13)17(23)8-14-10-19(25-3)21(27-5)12-16(14)22/h9-12,17H,6-8H2,1-5H3. The van der Waals surface area contributed by atoms with E-state index in [9.17, 15) is 0 Å². The largest absolute Gasteiger partial charge is 0.493 e. The van der Waals surface area contributed by atoms with Gasteiger partial charge >= 0.3 is 0 Å². The molecule has 0 saturated carbocycles. The summed E-state index contributed by atoms with van der Waals surface area (Å²) in [6.45, 7) is 0.970. The summed E-state index contributed by atoms with van der Waals surface area (Å²) in [5, 5.41) is 0.675. The highest BCUT2D eigenvalue weighted by molar-refractivity contribution is 6.31. The normalized spacial score (nSPS) is 16.6. The molecule has 0 bridgehead atoms. The smallest absolute Gasteiger partial charge is 0.162 e. The molecule has 1 aliphatic rings. The van der Waals surface area contributed by atoms with E-state index < -0.39 is 0 Å². The first-order chi connectivity index (χ1) is 13.0. The van der Waals surface area contributed by atoms with E-state index >= 15 is 0 Å². The number of fused-ring (bicyclic) bond motifs is 1. The molecule has 0 spiro atoms. The first-order valence-electron chi connectivity index (χ1n) is 8.87. The lowest BCUT2D eigenvalue weighted by Gasteiger charge is -2.35. The Labute approximate surface area is 165 Å². The highest BCUT2D eigenvalue weighted by Gasteiger charge is 2.28. The Balaban J connectivity index is 2.01. The van der Waals surface area contributed by atoms with E-state index in [1.54, 1.807) is 28.4 Å². The number of benzene rings is 2. The van der Waals surface area contributed by atoms with E-state index in [1.807, 2.05) is 12.1 Å². The zero-order chi connectivity index (χ0) is 19.6. The molecule has 0 radical (unpaired) electrons. The molecule has 0 N–H and O–H groups in total. The zero-order valence-electron chi connectivity index (χ0n) is 16.5. The van der Waals surface area contributed by atoms with Crippen LogP contribution >= 0.6 is 11.6 Å². The summed E-state index contributed by atoms with van der Waals surface area (Å²) in [6, 6.07) is 8.13. The molecule has 27 heavy (non-hydrogen) atoms. The second-order valence-electron chi connectivity index (χ2n) is 6.66. The highest BCUT2D eigenvalue weighted by atomic mass is 35.5. The number of halogens is 1. The summed E-state index contributed by atoms with van der Waals surface area (Å²) in [6.07, 6.45) is 1.74. The molecule has 1 heterocycles. The maximum Gasteiger partial charge on any atom is 0.162 e. The number of likely N-dealkylation sites (N-methyl/N-ethyl adjacent to an activating group) is 1. The van der Waals surface area contributed by atoms with E-state index in [2.05, 4.69) is 24.1 Å². The van der Waals surface area contributed by atoms with Crippen molar-refractivity contribution >= 4 is 11.6 Å². The second kappa shape index (κ2) is 8.28. The zero-order valence-corrected chi connectivity index (χ0v) is 17.2. The van der Waals surface area contributed by atoms with Crippen molar-refractivity contribution in [1.29, 1.82) is 0 Å². The van der Waals surface area contributed by atoms with Crippen molar-refractivity contribution < 1.29 is 18.9 Å². The SMILES string of the molecule is COc1cc(Cl)c(CC2c3cc(OC)c(OC)cc3CCN2C)cc1OC. The Morgan fingerprint density at radius 1 is 0.889 bits per heavy atom. The number of methoxy groups -OCH3 is 4. The van der Waals surface area contributed by atoms with Crippen LogP contribution in [0.25, 0.3) is 0 Å². The van der Waals surface area contributed by atoms with E-state index in [0.717, 1.165) is 36.4 Å². The summed E-state index contributed by atoms with van der Waals surface area (Å²) in [5.74, 6) is 2.83. The molecule has 0 amide bonds. The maximum atomic E-state index is 6.54. The van der Waals surface area contributed by atoms with Gasteiger partial charge in [0.2, 0.25) is 0 Å². The molecule has 0 aromatic heterocycles. The van der Waals surface area contributed by atoms with Crippen molar-refractivity contribution in [2.45, 2.75) is 18.9 Å². The first-order valence-corrected chi connectivity index (χ1v) is 9.25. The molecule has 1 atom stereocenters. The molecular formula is C21H26ClNO4. The van der Waals surface area contributed by atoms with Gasteiger partial charge in [-0.2, -0.15) is 0 Å². The number of ether oxygens (including phenoxy) is 4. The van der Waals surface area contributed by atoms with Crippen LogP contribution in [-0.2, 0) is 12.8 Å². The lowest BCUT2D eigenvalue weighted by molar-refractivity contribution is 0.227. The molecule has 5 nitrogen and oxygen atoms in total. The van der Waals surface area contributed by atoms with Gasteiger partial charge in [0, 0.05) is 23.7 Å². The Morgan fingerprint density at radius 2 is 1.44 bits per heavy atom. The fraction of sp³-hybridized carbons (Fsp3) is 0.429. The fourth-order valence-electron chi connectivity index (χ4n) is 3.68.